The minimum atomic E-state index is -4.67. The Morgan fingerprint density at radius 2 is 1.75 bits per heavy atom. The highest BCUT2D eigenvalue weighted by atomic mass is 19.4. The third kappa shape index (κ3) is 3.97. The van der Waals surface area contributed by atoms with E-state index in [1.165, 1.54) is 6.07 Å². The summed E-state index contributed by atoms with van der Waals surface area (Å²) in [6, 6.07) is 5.79. The van der Waals surface area contributed by atoms with Crippen molar-refractivity contribution in [1.82, 2.24) is 0 Å². The first-order chi connectivity index (χ1) is 11.2. The number of halogens is 4. The van der Waals surface area contributed by atoms with Gasteiger partial charge >= 0.3 is 17.9 Å². The molecule has 0 heterocycles. The first-order valence-corrected chi connectivity index (χ1v) is 6.36. The van der Waals surface area contributed by atoms with Gasteiger partial charge in [0.2, 0.25) is 5.82 Å². The number of benzene rings is 2. The summed E-state index contributed by atoms with van der Waals surface area (Å²) in [5.74, 6) is -1.10. The Bertz CT molecular complexity index is 793. The van der Waals surface area contributed by atoms with Gasteiger partial charge in [-0.2, -0.15) is 17.6 Å². The topological polar surface area (TPSA) is 84.3 Å². The highest BCUT2D eigenvalue weighted by Gasteiger charge is 2.33. The van der Waals surface area contributed by atoms with Crippen LogP contribution in [0.25, 0.3) is 0 Å². The van der Waals surface area contributed by atoms with Crippen LogP contribution in [0.5, 0.6) is 0 Å². The molecule has 2 rings (SSSR count). The number of nitrogens with zero attached hydrogens (tertiary/aromatic N) is 1. The van der Waals surface area contributed by atoms with Gasteiger partial charge in [0.1, 0.15) is 0 Å². The average Bonchev–Trinajstić information content (AvgIpc) is 2.48. The molecule has 0 aliphatic carbocycles. The van der Waals surface area contributed by atoms with Crippen LogP contribution in [0, 0.1) is 15.9 Å². The van der Waals surface area contributed by atoms with Gasteiger partial charge in [0.25, 0.3) is 0 Å². The Morgan fingerprint density at radius 3 is 2.38 bits per heavy atom. The molecule has 0 radical (unpaired) electrons. The number of urea groups is 1. The summed E-state index contributed by atoms with van der Waals surface area (Å²) < 4.78 is 51.7. The zero-order valence-electron chi connectivity index (χ0n) is 11.7. The highest BCUT2D eigenvalue weighted by Crippen LogP contribution is 2.34. The minimum Gasteiger partial charge on any atom is -0.307 e. The fourth-order valence-corrected chi connectivity index (χ4v) is 1.85. The molecule has 2 aromatic rings. The van der Waals surface area contributed by atoms with E-state index >= 15 is 0 Å². The lowest BCUT2D eigenvalue weighted by atomic mass is 10.1. The highest BCUT2D eigenvalue weighted by molar-refractivity contribution is 6.00. The second-order valence-corrected chi connectivity index (χ2v) is 4.55. The molecule has 6 nitrogen and oxygen atoms in total. The summed E-state index contributed by atoms with van der Waals surface area (Å²) in [5.41, 5.74) is -2.56. The van der Waals surface area contributed by atoms with Crippen LogP contribution >= 0.6 is 0 Å². The van der Waals surface area contributed by atoms with Gasteiger partial charge in [0.05, 0.1) is 16.2 Å². The van der Waals surface area contributed by atoms with Crippen molar-refractivity contribution in [3.8, 4) is 0 Å². The first-order valence-electron chi connectivity index (χ1n) is 6.36. The van der Waals surface area contributed by atoms with E-state index in [1.54, 1.807) is 0 Å². The molecule has 0 saturated heterocycles. The standard InChI is InChI=1S/C14H9F4N3O3/c15-10-6-5-8(7-12(10)21(23)24)19-13(22)20-11-4-2-1-3-9(11)14(16,17)18/h1-7H,(H2,19,20,22). The van der Waals surface area contributed by atoms with Crippen molar-refractivity contribution in [2.45, 2.75) is 6.18 Å². The predicted octanol–water partition coefficient (Wildman–Crippen LogP) is 4.40. The van der Waals surface area contributed by atoms with Crippen LogP contribution in [0.15, 0.2) is 42.5 Å². The molecular weight excluding hydrogens is 334 g/mol. The van der Waals surface area contributed by atoms with E-state index in [2.05, 4.69) is 5.32 Å². The van der Waals surface area contributed by atoms with Crippen molar-refractivity contribution < 1.29 is 27.3 Å². The number of alkyl halides is 3. The zero-order valence-corrected chi connectivity index (χ0v) is 11.7. The molecule has 0 spiro atoms. The van der Waals surface area contributed by atoms with Crippen molar-refractivity contribution in [3.05, 3.63) is 64.0 Å². The van der Waals surface area contributed by atoms with Crippen LogP contribution in [0.1, 0.15) is 5.56 Å². The Labute approximate surface area is 132 Å². The molecule has 0 atom stereocenters. The lowest BCUT2D eigenvalue weighted by molar-refractivity contribution is -0.387. The van der Waals surface area contributed by atoms with Crippen molar-refractivity contribution >= 4 is 23.1 Å². The van der Waals surface area contributed by atoms with Crippen molar-refractivity contribution in [2.75, 3.05) is 10.6 Å². The molecule has 0 saturated carbocycles. The van der Waals surface area contributed by atoms with Crippen LogP contribution in [-0.2, 0) is 6.18 Å². The number of anilines is 2. The molecule has 24 heavy (non-hydrogen) atoms. The van der Waals surface area contributed by atoms with Gasteiger partial charge in [0, 0.05) is 11.8 Å². The number of amides is 2. The quantitative estimate of drug-likeness (QED) is 0.492. The molecule has 10 heteroatoms. The number of carbonyl (C=O) groups excluding carboxylic acids is 1. The number of hydrogen-bond donors (Lipinski definition) is 2. The number of hydrogen-bond acceptors (Lipinski definition) is 3. The fourth-order valence-electron chi connectivity index (χ4n) is 1.85. The number of rotatable bonds is 3. The van der Waals surface area contributed by atoms with E-state index in [-0.39, 0.29) is 5.69 Å². The number of nitro groups is 1. The Kier molecular flexibility index (Phi) is 4.67. The van der Waals surface area contributed by atoms with Crippen molar-refractivity contribution in [1.29, 1.82) is 0 Å². The molecule has 0 fully saturated rings. The summed E-state index contributed by atoms with van der Waals surface area (Å²) >= 11 is 0. The molecule has 126 valence electrons. The fraction of sp³-hybridized carbons (Fsp3) is 0.0714. The molecule has 0 aliphatic rings. The third-order valence-electron chi connectivity index (χ3n) is 2.88. The van der Waals surface area contributed by atoms with Gasteiger partial charge < -0.3 is 10.6 Å². The number of nitrogens with one attached hydrogen (secondary N) is 2. The second-order valence-electron chi connectivity index (χ2n) is 4.55. The van der Waals surface area contributed by atoms with E-state index in [0.29, 0.717) is 0 Å². The van der Waals surface area contributed by atoms with Gasteiger partial charge in [-0.1, -0.05) is 12.1 Å². The third-order valence-corrected chi connectivity index (χ3v) is 2.88. The van der Waals surface area contributed by atoms with Crippen LogP contribution in [0.4, 0.5) is 39.4 Å². The molecule has 2 aromatic carbocycles. The smallest absolute Gasteiger partial charge is 0.307 e. The van der Waals surface area contributed by atoms with E-state index in [0.717, 1.165) is 36.4 Å². The van der Waals surface area contributed by atoms with Crippen molar-refractivity contribution in [3.63, 3.8) is 0 Å². The maximum atomic E-state index is 13.2. The molecule has 0 unspecified atom stereocenters. The summed E-state index contributed by atoms with van der Waals surface area (Å²) in [6.07, 6.45) is -4.67. The van der Waals surface area contributed by atoms with Gasteiger partial charge in [-0.15, -0.1) is 0 Å². The predicted molar refractivity (Wildman–Crippen MR) is 77.1 cm³/mol. The molecular formula is C14H9F4N3O3. The van der Waals surface area contributed by atoms with Gasteiger partial charge in [-0.25, -0.2) is 4.79 Å². The summed E-state index contributed by atoms with van der Waals surface area (Å²) in [6.45, 7) is 0. The van der Waals surface area contributed by atoms with Gasteiger partial charge in [-0.3, -0.25) is 10.1 Å². The number of para-hydroxylation sites is 1. The zero-order chi connectivity index (χ0) is 17.9. The molecule has 2 amide bonds. The summed E-state index contributed by atoms with van der Waals surface area (Å²) in [7, 11) is 0. The average molecular weight is 343 g/mol. The molecule has 0 aliphatic heterocycles. The normalized spacial score (nSPS) is 11.0. The van der Waals surface area contributed by atoms with Crippen LogP contribution in [-0.4, -0.2) is 11.0 Å². The van der Waals surface area contributed by atoms with Crippen LogP contribution in [0.3, 0.4) is 0 Å². The summed E-state index contributed by atoms with van der Waals surface area (Å²) in [4.78, 5) is 21.4. The summed E-state index contributed by atoms with van der Waals surface area (Å²) in [5, 5.41) is 14.7. The van der Waals surface area contributed by atoms with Crippen LogP contribution < -0.4 is 10.6 Å². The number of carbonyl (C=O) groups is 1. The van der Waals surface area contributed by atoms with E-state index in [4.69, 9.17) is 0 Å². The van der Waals surface area contributed by atoms with Crippen LogP contribution in [0.2, 0.25) is 0 Å². The maximum absolute atomic E-state index is 13.2. The molecule has 0 bridgehead atoms. The van der Waals surface area contributed by atoms with E-state index < -0.39 is 39.9 Å². The maximum Gasteiger partial charge on any atom is 0.418 e. The van der Waals surface area contributed by atoms with Crippen molar-refractivity contribution in [2.24, 2.45) is 0 Å². The van der Waals surface area contributed by atoms with E-state index in [9.17, 15) is 32.5 Å². The largest absolute Gasteiger partial charge is 0.418 e. The Hall–Kier alpha value is -3.17. The molecule has 2 N–H and O–H groups in total. The Balaban J connectivity index is 2.18. The first kappa shape index (κ1) is 17.2. The monoisotopic (exact) mass is 343 g/mol. The second kappa shape index (κ2) is 6.52. The molecule has 0 aromatic heterocycles. The van der Waals surface area contributed by atoms with Gasteiger partial charge in [0.15, 0.2) is 0 Å². The lowest BCUT2D eigenvalue weighted by Crippen LogP contribution is -2.21. The minimum absolute atomic E-state index is 0.148. The van der Waals surface area contributed by atoms with Gasteiger partial charge in [-0.05, 0) is 24.3 Å². The Morgan fingerprint density at radius 1 is 1.08 bits per heavy atom. The lowest BCUT2D eigenvalue weighted by Gasteiger charge is -2.14. The SMILES string of the molecule is O=C(Nc1ccc(F)c([N+](=O)[O-])c1)Nc1ccccc1C(F)(F)F. The number of nitro benzene ring substituents is 1. The van der Waals surface area contributed by atoms with E-state index in [1.807, 2.05) is 5.32 Å².